The Labute approximate surface area is 242 Å². The molecular formula is C37H47NO2. The molecule has 1 aliphatic carbocycles. The fourth-order valence-electron chi connectivity index (χ4n) is 7.30. The molecule has 1 heterocycles. The molecule has 1 spiro atoms. The molecule has 40 heavy (non-hydrogen) atoms. The zero-order valence-corrected chi connectivity index (χ0v) is 24.6. The van der Waals surface area contributed by atoms with Crippen LogP contribution in [0.4, 0.5) is 5.69 Å². The summed E-state index contributed by atoms with van der Waals surface area (Å²) in [7, 11) is 0. The first kappa shape index (κ1) is 29.6. The number of unbranched alkanes of at least 4 members (excludes halogenated alkanes) is 2. The van der Waals surface area contributed by atoms with Crippen LogP contribution in [0.3, 0.4) is 0 Å². The normalized spacial score (nSPS) is 19.4. The number of rotatable bonds is 14. The molecule has 3 nitrogen and oxygen atoms in total. The molecule has 2 unspecified atom stereocenters. The molecule has 1 aliphatic heterocycles. The van der Waals surface area contributed by atoms with E-state index in [1.807, 2.05) is 6.08 Å². The van der Waals surface area contributed by atoms with Gasteiger partial charge in [-0.3, -0.25) is 4.79 Å². The van der Waals surface area contributed by atoms with Gasteiger partial charge in [0.1, 0.15) is 0 Å². The molecule has 0 saturated heterocycles. The molecule has 0 radical (unpaired) electrons. The Bertz CT molecular complexity index is 1250. The number of aryl methyl sites for hydroxylation is 1. The molecule has 3 heteroatoms. The minimum Gasteiger partial charge on any atom is -0.481 e. The molecule has 1 saturated carbocycles. The molecule has 1 fully saturated rings. The molecule has 2 aromatic carbocycles. The summed E-state index contributed by atoms with van der Waals surface area (Å²) in [6.07, 6.45) is 20.8. The summed E-state index contributed by atoms with van der Waals surface area (Å²) in [5.41, 5.74) is 6.64. The van der Waals surface area contributed by atoms with Crippen molar-refractivity contribution < 1.29 is 9.90 Å². The van der Waals surface area contributed by atoms with Crippen LogP contribution in [-0.2, 0) is 15.6 Å². The van der Waals surface area contributed by atoms with E-state index in [-0.39, 0.29) is 17.3 Å². The van der Waals surface area contributed by atoms with E-state index < -0.39 is 5.97 Å². The molecule has 2 aliphatic rings. The highest BCUT2D eigenvalue weighted by Gasteiger charge is 2.51. The fraction of sp³-hybridized carbons (Fsp3) is 0.432. The van der Waals surface area contributed by atoms with Gasteiger partial charge in [-0.1, -0.05) is 106 Å². The van der Waals surface area contributed by atoms with Gasteiger partial charge >= 0.3 is 5.97 Å². The van der Waals surface area contributed by atoms with Crippen LogP contribution in [0, 0.1) is 6.92 Å². The van der Waals surface area contributed by atoms with E-state index in [0.29, 0.717) is 6.04 Å². The number of carbonyl (C=O) groups is 1. The van der Waals surface area contributed by atoms with Crippen LogP contribution in [0.25, 0.3) is 0 Å². The van der Waals surface area contributed by atoms with E-state index in [4.69, 9.17) is 5.11 Å². The summed E-state index contributed by atoms with van der Waals surface area (Å²) < 4.78 is 0. The second-order valence-electron chi connectivity index (χ2n) is 12.0. The number of allylic oxidation sites excluding steroid dienone is 5. The number of carboxylic acids is 1. The molecule has 212 valence electrons. The van der Waals surface area contributed by atoms with Crippen LogP contribution < -0.4 is 4.90 Å². The number of fused-ring (bicyclic) bond motifs is 2. The molecule has 1 N–H and O–H groups in total. The monoisotopic (exact) mass is 537 g/mol. The lowest BCUT2D eigenvalue weighted by molar-refractivity contribution is -0.137. The largest absolute Gasteiger partial charge is 0.481 e. The van der Waals surface area contributed by atoms with Gasteiger partial charge in [0.25, 0.3) is 0 Å². The highest BCUT2D eigenvalue weighted by molar-refractivity contribution is 5.66. The summed E-state index contributed by atoms with van der Waals surface area (Å²) >= 11 is 0. The van der Waals surface area contributed by atoms with Crippen LogP contribution >= 0.6 is 0 Å². The third-order valence-corrected chi connectivity index (χ3v) is 9.45. The summed E-state index contributed by atoms with van der Waals surface area (Å²) in [5.74, 6) is -0.695. The zero-order valence-electron chi connectivity index (χ0n) is 24.6. The molecular weight excluding hydrogens is 490 g/mol. The molecule has 2 aromatic rings. The van der Waals surface area contributed by atoms with Crippen LogP contribution in [0.5, 0.6) is 0 Å². The van der Waals surface area contributed by atoms with Gasteiger partial charge in [0.05, 0.1) is 0 Å². The van der Waals surface area contributed by atoms with Gasteiger partial charge in [-0.05, 0) is 73.8 Å². The molecule has 0 aromatic heterocycles. The number of benzene rings is 2. The Balaban J connectivity index is 1.49. The highest BCUT2D eigenvalue weighted by Crippen LogP contribution is 2.55. The third-order valence-electron chi connectivity index (χ3n) is 9.45. The average molecular weight is 538 g/mol. The van der Waals surface area contributed by atoms with Crippen LogP contribution in [-0.4, -0.2) is 23.7 Å². The Hall–Kier alpha value is -3.33. The lowest BCUT2D eigenvalue weighted by Gasteiger charge is -2.36. The lowest BCUT2D eigenvalue weighted by Crippen LogP contribution is -2.43. The summed E-state index contributed by atoms with van der Waals surface area (Å²) in [6, 6.07) is 18.0. The second kappa shape index (κ2) is 13.4. The number of carboxylic acid groups (broad SMARTS) is 1. The van der Waals surface area contributed by atoms with Gasteiger partial charge < -0.3 is 10.0 Å². The molecule has 0 amide bonds. The van der Waals surface area contributed by atoms with Crippen molar-refractivity contribution >= 4 is 11.7 Å². The number of hydrogen-bond acceptors (Lipinski definition) is 2. The molecule has 4 rings (SSSR count). The van der Waals surface area contributed by atoms with Crippen molar-refractivity contribution in [2.75, 3.05) is 11.4 Å². The quantitative estimate of drug-likeness (QED) is 0.148. The highest BCUT2D eigenvalue weighted by atomic mass is 16.4. The summed E-state index contributed by atoms with van der Waals surface area (Å²) in [6.45, 7) is 13.9. The first-order chi connectivity index (χ1) is 19.3. The van der Waals surface area contributed by atoms with E-state index in [1.165, 1.54) is 48.1 Å². The van der Waals surface area contributed by atoms with E-state index in [1.54, 1.807) is 0 Å². The average Bonchev–Trinajstić information content (AvgIpc) is 3.53. The fourth-order valence-corrected chi connectivity index (χ4v) is 7.30. The number of aliphatic carboxylic acids is 1. The maximum atomic E-state index is 11.0. The maximum absolute atomic E-state index is 11.0. The van der Waals surface area contributed by atoms with Crippen molar-refractivity contribution in [1.82, 2.24) is 0 Å². The Morgan fingerprint density at radius 3 is 2.52 bits per heavy atom. The van der Waals surface area contributed by atoms with Gasteiger partial charge in [-0.15, -0.1) is 6.58 Å². The Morgan fingerprint density at radius 1 is 1.07 bits per heavy atom. The maximum Gasteiger partial charge on any atom is 0.303 e. The smallest absolute Gasteiger partial charge is 0.303 e. The van der Waals surface area contributed by atoms with E-state index in [2.05, 4.69) is 105 Å². The van der Waals surface area contributed by atoms with Crippen molar-refractivity contribution in [2.24, 2.45) is 0 Å². The number of hydrogen-bond donors (Lipinski definition) is 1. The van der Waals surface area contributed by atoms with Gasteiger partial charge in [-0.25, -0.2) is 0 Å². The van der Waals surface area contributed by atoms with Crippen LogP contribution in [0.1, 0.15) is 87.8 Å². The lowest BCUT2D eigenvalue weighted by atomic mass is 9.72. The predicted octanol–water partition coefficient (Wildman–Crippen LogP) is 9.23. The number of anilines is 1. The molecule has 0 bridgehead atoms. The zero-order chi connectivity index (χ0) is 28.6. The standard InChI is InChI=1S/C37H47NO2/c1-5-25-36(4,31-20-12-11-18-29(31)2)30(3)19-8-6-9-23-34-37(26-15-16-27-37)32-21-13-14-22-33(32)38(34)28-17-7-10-24-35(39)40/h5-6,8-9,11-14,18-22,34H,1,3,7,10,15-17,23-28H2,2,4H3,(H,39,40)/b9-6+,19-8+. The number of para-hydroxylation sites is 1. The van der Waals surface area contributed by atoms with Gasteiger partial charge in [0.2, 0.25) is 0 Å². The van der Waals surface area contributed by atoms with Crippen molar-refractivity contribution in [3.63, 3.8) is 0 Å². The van der Waals surface area contributed by atoms with Crippen LogP contribution in [0.15, 0.2) is 97.6 Å². The number of nitrogens with zero attached hydrogens (tertiary/aromatic N) is 1. The van der Waals surface area contributed by atoms with Crippen molar-refractivity contribution in [3.8, 4) is 0 Å². The first-order valence-electron chi connectivity index (χ1n) is 15.1. The van der Waals surface area contributed by atoms with Gasteiger partial charge in [0, 0.05) is 35.5 Å². The SMILES string of the molecule is C=CCC(C)(C(=C)/C=C/C=C/CC1N(CCCCCC(=O)O)c2ccccc2C12CCCC2)c1ccccc1C. The minimum atomic E-state index is -0.695. The third kappa shape index (κ3) is 6.19. The van der Waals surface area contributed by atoms with Crippen molar-refractivity contribution in [1.29, 1.82) is 0 Å². The van der Waals surface area contributed by atoms with Gasteiger partial charge in [0.15, 0.2) is 0 Å². The minimum absolute atomic E-state index is 0.185. The Kier molecular flexibility index (Phi) is 9.90. The first-order valence-corrected chi connectivity index (χ1v) is 15.1. The second-order valence-corrected chi connectivity index (χ2v) is 12.0. The van der Waals surface area contributed by atoms with Crippen LogP contribution in [0.2, 0.25) is 0 Å². The van der Waals surface area contributed by atoms with Crippen molar-refractivity contribution in [3.05, 3.63) is 114 Å². The summed E-state index contributed by atoms with van der Waals surface area (Å²) in [4.78, 5) is 13.6. The van der Waals surface area contributed by atoms with Crippen molar-refractivity contribution in [2.45, 2.75) is 94.9 Å². The van der Waals surface area contributed by atoms with E-state index >= 15 is 0 Å². The van der Waals surface area contributed by atoms with Gasteiger partial charge in [-0.2, -0.15) is 0 Å². The van der Waals surface area contributed by atoms with E-state index in [9.17, 15) is 4.79 Å². The topological polar surface area (TPSA) is 40.5 Å². The van der Waals surface area contributed by atoms with E-state index in [0.717, 1.165) is 44.2 Å². The Morgan fingerprint density at radius 2 is 1.80 bits per heavy atom. The molecule has 2 atom stereocenters. The predicted molar refractivity (Wildman–Crippen MR) is 169 cm³/mol. The summed E-state index contributed by atoms with van der Waals surface area (Å²) in [5, 5.41) is 9.02.